The van der Waals surface area contributed by atoms with Gasteiger partial charge in [-0.25, -0.2) is 0 Å². The van der Waals surface area contributed by atoms with E-state index >= 15 is 0 Å². The van der Waals surface area contributed by atoms with Crippen molar-refractivity contribution in [3.63, 3.8) is 0 Å². The van der Waals surface area contributed by atoms with Gasteiger partial charge in [0.2, 0.25) is 0 Å². The zero-order chi connectivity index (χ0) is 8.97. The molecular weight excluding hydrogens is 152 g/mol. The Bertz CT molecular complexity index is 250. The first-order chi connectivity index (χ1) is 5.77. The van der Waals surface area contributed by atoms with Gasteiger partial charge in [-0.15, -0.1) is 0 Å². The van der Waals surface area contributed by atoms with Gasteiger partial charge in [0.1, 0.15) is 0 Å². The average molecular weight is 166 g/mol. The molecule has 0 aromatic carbocycles. The van der Waals surface area contributed by atoms with Crippen LogP contribution in [-0.4, -0.2) is 16.6 Å². The lowest BCUT2D eigenvalue weighted by Gasteiger charge is -2.07. The summed E-state index contributed by atoms with van der Waals surface area (Å²) >= 11 is 0. The molecule has 1 atom stereocenters. The van der Waals surface area contributed by atoms with Gasteiger partial charge in [-0.05, 0) is 12.0 Å². The summed E-state index contributed by atoms with van der Waals surface area (Å²) in [5, 5.41) is 9.38. The molecule has 1 aromatic heterocycles. The lowest BCUT2D eigenvalue weighted by molar-refractivity contribution is 0.186. The van der Waals surface area contributed by atoms with Crippen molar-refractivity contribution in [2.24, 2.45) is 5.73 Å². The number of hydrogen-bond donors (Lipinski definition) is 2. The van der Waals surface area contributed by atoms with E-state index in [4.69, 9.17) is 5.73 Å². The van der Waals surface area contributed by atoms with Crippen LogP contribution in [0.2, 0.25) is 0 Å². The molecule has 0 radical (unpaired) electrons. The number of aliphatic hydroxyl groups excluding tert-OH is 1. The van der Waals surface area contributed by atoms with E-state index in [0.717, 1.165) is 17.5 Å². The van der Waals surface area contributed by atoms with Crippen LogP contribution >= 0.6 is 0 Å². The molecule has 0 bridgehead atoms. The highest BCUT2D eigenvalue weighted by atomic mass is 16.3. The van der Waals surface area contributed by atoms with Crippen LogP contribution in [0.1, 0.15) is 24.2 Å². The van der Waals surface area contributed by atoms with Crippen LogP contribution < -0.4 is 5.73 Å². The van der Waals surface area contributed by atoms with E-state index in [9.17, 15) is 5.11 Å². The molecule has 3 nitrogen and oxygen atoms in total. The van der Waals surface area contributed by atoms with Crippen molar-refractivity contribution < 1.29 is 5.11 Å². The Labute approximate surface area is 72.2 Å². The zero-order valence-electron chi connectivity index (χ0n) is 7.20. The molecule has 0 fully saturated rings. The molecule has 0 aliphatic rings. The van der Waals surface area contributed by atoms with Crippen molar-refractivity contribution in [2.45, 2.75) is 19.4 Å². The van der Waals surface area contributed by atoms with Crippen LogP contribution in [0.4, 0.5) is 0 Å². The predicted molar refractivity (Wildman–Crippen MR) is 47.6 cm³/mol. The average Bonchev–Trinajstić information content (AvgIpc) is 2.17. The second kappa shape index (κ2) is 4.18. The van der Waals surface area contributed by atoms with Gasteiger partial charge < -0.3 is 10.8 Å². The molecule has 66 valence electrons. The van der Waals surface area contributed by atoms with Crippen molar-refractivity contribution in [1.82, 2.24) is 4.98 Å². The number of aromatic nitrogens is 1. The summed E-state index contributed by atoms with van der Waals surface area (Å²) < 4.78 is 0. The number of rotatable bonds is 3. The number of aliphatic hydroxyl groups is 1. The fourth-order valence-electron chi connectivity index (χ4n) is 1.02. The van der Waals surface area contributed by atoms with Crippen LogP contribution in [0.15, 0.2) is 18.5 Å². The highest BCUT2D eigenvalue weighted by Crippen LogP contribution is 2.11. The molecule has 1 rings (SSSR count). The van der Waals surface area contributed by atoms with Crippen molar-refractivity contribution >= 4 is 0 Å². The van der Waals surface area contributed by atoms with Crippen LogP contribution in [0, 0.1) is 0 Å². The second-order valence-electron chi connectivity index (χ2n) is 2.73. The zero-order valence-corrected chi connectivity index (χ0v) is 7.20. The van der Waals surface area contributed by atoms with Crippen molar-refractivity contribution in [3.8, 4) is 0 Å². The SMILES string of the molecule is CCc1cncc(C(O)CN)c1. The summed E-state index contributed by atoms with van der Waals surface area (Å²) in [5.41, 5.74) is 7.25. The fourth-order valence-corrected chi connectivity index (χ4v) is 1.02. The normalized spacial score (nSPS) is 12.9. The largest absolute Gasteiger partial charge is 0.387 e. The molecule has 0 amide bonds. The first-order valence-corrected chi connectivity index (χ1v) is 4.10. The third-order valence-corrected chi connectivity index (χ3v) is 1.83. The fraction of sp³-hybridized carbons (Fsp3) is 0.444. The highest BCUT2D eigenvalue weighted by Gasteiger charge is 2.04. The maximum absolute atomic E-state index is 9.38. The highest BCUT2D eigenvalue weighted by molar-refractivity contribution is 5.20. The molecule has 12 heavy (non-hydrogen) atoms. The summed E-state index contributed by atoms with van der Waals surface area (Å²) in [4.78, 5) is 4.01. The van der Waals surface area contributed by atoms with Gasteiger partial charge in [-0.1, -0.05) is 13.0 Å². The molecule has 1 aromatic rings. The second-order valence-corrected chi connectivity index (χ2v) is 2.73. The van der Waals surface area contributed by atoms with Crippen LogP contribution in [0.3, 0.4) is 0 Å². The van der Waals surface area contributed by atoms with Gasteiger partial charge in [0.25, 0.3) is 0 Å². The Morgan fingerprint density at radius 2 is 2.33 bits per heavy atom. The summed E-state index contributed by atoms with van der Waals surface area (Å²) in [5.74, 6) is 0. The van der Waals surface area contributed by atoms with Gasteiger partial charge in [0.15, 0.2) is 0 Å². The lowest BCUT2D eigenvalue weighted by Crippen LogP contribution is -2.11. The standard InChI is InChI=1S/C9H14N2O/c1-2-7-3-8(6-11-5-7)9(12)4-10/h3,5-6,9,12H,2,4,10H2,1H3. The first-order valence-electron chi connectivity index (χ1n) is 4.10. The molecule has 1 unspecified atom stereocenters. The number of aryl methyl sites for hydroxylation is 1. The van der Waals surface area contributed by atoms with Gasteiger partial charge in [0, 0.05) is 24.5 Å². The minimum Gasteiger partial charge on any atom is -0.387 e. The Morgan fingerprint density at radius 3 is 2.92 bits per heavy atom. The lowest BCUT2D eigenvalue weighted by atomic mass is 10.1. The van der Waals surface area contributed by atoms with Crippen LogP contribution in [0.5, 0.6) is 0 Å². The van der Waals surface area contributed by atoms with E-state index in [2.05, 4.69) is 11.9 Å². The van der Waals surface area contributed by atoms with Gasteiger partial charge in [-0.3, -0.25) is 4.98 Å². The van der Waals surface area contributed by atoms with E-state index in [0.29, 0.717) is 0 Å². The van der Waals surface area contributed by atoms with Gasteiger partial charge >= 0.3 is 0 Å². The van der Waals surface area contributed by atoms with Crippen LogP contribution in [-0.2, 0) is 6.42 Å². The Balaban J connectivity index is 2.86. The molecular formula is C9H14N2O. The number of hydrogen-bond acceptors (Lipinski definition) is 3. The van der Waals surface area contributed by atoms with E-state index in [1.165, 1.54) is 0 Å². The van der Waals surface area contributed by atoms with Crippen molar-refractivity contribution in [2.75, 3.05) is 6.54 Å². The molecule has 0 saturated carbocycles. The molecule has 0 spiro atoms. The third kappa shape index (κ3) is 2.03. The van der Waals surface area contributed by atoms with Gasteiger partial charge in [0.05, 0.1) is 6.10 Å². The molecule has 0 saturated heterocycles. The number of nitrogens with zero attached hydrogens (tertiary/aromatic N) is 1. The quantitative estimate of drug-likeness (QED) is 0.692. The topological polar surface area (TPSA) is 59.1 Å². The monoisotopic (exact) mass is 166 g/mol. The molecule has 0 aliphatic carbocycles. The molecule has 0 aliphatic heterocycles. The Morgan fingerprint density at radius 1 is 1.58 bits per heavy atom. The molecule has 1 heterocycles. The summed E-state index contributed by atoms with van der Waals surface area (Å²) in [7, 11) is 0. The Kier molecular flexibility index (Phi) is 3.19. The predicted octanol–water partition coefficient (Wildman–Crippen LogP) is 0.636. The van der Waals surface area contributed by atoms with Gasteiger partial charge in [-0.2, -0.15) is 0 Å². The first kappa shape index (κ1) is 9.16. The molecule has 3 N–H and O–H groups in total. The summed E-state index contributed by atoms with van der Waals surface area (Å²) in [6, 6.07) is 1.94. The Hall–Kier alpha value is -0.930. The summed E-state index contributed by atoms with van der Waals surface area (Å²) in [6.45, 7) is 2.30. The van der Waals surface area contributed by atoms with Crippen molar-refractivity contribution in [1.29, 1.82) is 0 Å². The van der Waals surface area contributed by atoms with Crippen LogP contribution in [0.25, 0.3) is 0 Å². The number of nitrogens with two attached hydrogens (primary N) is 1. The van der Waals surface area contributed by atoms with E-state index in [1.807, 2.05) is 6.07 Å². The smallest absolute Gasteiger partial charge is 0.0927 e. The maximum Gasteiger partial charge on any atom is 0.0927 e. The minimum absolute atomic E-state index is 0.245. The van der Waals surface area contributed by atoms with Crippen molar-refractivity contribution in [3.05, 3.63) is 29.6 Å². The molecule has 3 heteroatoms. The minimum atomic E-state index is -0.580. The van der Waals surface area contributed by atoms with E-state index in [1.54, 1.807) is 12.4 Å². The third-order valence-electron chi connectivity index (χ3n) is 1.83. The number of pyridine rings is 1. The summed E-state index contributed by atoms with van der Waals surface area (Å²) in [6.07, 6.45) is 3.80. The van der Waals surface area contributed by atoms with E-state index < -0.39 is 6.10 Å². The van der Waals surface area contributed by atoms with E-state index in [-0.39, 0.29) is 6.54 Å². The maximum atomic E-state index is 9.38.